The van der Waals surface area contributed by atoms with Crippen molar-refractivity contribution in [3.63, 3.8) is 0 Å². The first-order valence-corrected chi connectivity index (χ1v) is 8.58. The van der Waals surface area contributed by atoms with Gasteiger partial charge in [0, 0.05) is 41.9 Å². The van der Waals surface area contributed by atoms with E-state index < -0.39 is 0 Å². The van der Waals surface area contributed by atoms with Gasteiger partial charge in [-0.1, -0.05) is 6.07 Å². The zero-order valence-electron chi connectivity index (χ0n) is 15.2. The molecule has 0 saturated carbocycles. The number of amides is 2. The average molecular weight is 374 g/mol. The van der Waals surface area contributed by atoms with Crippen LogP contribution in [0, 0.1) is 0 Å². The number of benzene rings is 1. The highest BCUT2D eigenvalue weighted by molar-refractivity contribution is 6.06. The van der Waals surface area contributed by atoms with Crippen LogP contribution in [0.15, 0.2) is 67.1 Å². The highest BCUT2D eigenvalue weighted by atomic mass is 16.2. The van der Waals surface area contributed by atoms with Crippen LogP contribution < -0.4 is 10.6 Å². The summed E-state index contributed by atoms with van der Waals surface area (Å²) >= 11 is 0. The third-order valence-electron chi connectivity index (χ3n) is 3.98. The molecule has 0 saturated heterocycles. The Morgan fingerprint density at radius 2 is 1.71 bits per heavy atom. The first-order chi connectivity index (χ1) is 13.5. The van der Waals surface area contributed by atoms with E-state index in [-0.39, 0.29) is 23.3 Å². The topological polar surface area (TPSA) is 101 Å². The highest BCUT2D eigenvalue weighted by Crippen LogP contribution is 2.12. The molecule has 7 nitrogen and oxygen atoms in total. The molecule has 2 heterocycles. The van der Waals surface area contributed by atoms with E-state index in [2.05, 4.69) is 20.6 Å². The van der Waals surface area contributed by atoms with Crippen molar-refractivity contribution in [3.05, 3.63) is 89.5 Å². The summed E-state index contributed by atoms with van der Waals surface area (Å²) in [7, 11) is 0. The lowest BCUT2D eigenvalue weighted by Crippen LogP contribution is -2.24. The lowest BCUT2D eigenvalue weighted by molar-refractivity contribution is 0.0945. The van der Waals surface area contributed by atoms with Crippen molar-refractivity contribution in [2.45, 2.75) is 13.5 Å². The summed E-state index contributed by atoms with van der Waals surface area (Å²) in [5.41, 5.74) is 2.42. The van der Waals surface area contributed by atoms with E-state index >= 15 is 0 Å². The van der Waals surface area contributed by atoms with Gasteiger partial charge in [-0.3, -0.25) is 24.4 Å². The first kappa shape index (κ1) is 18.9. The first-order valence-electron chi connectivity index (χ1n) is 8.58. The standard InChI is InChI=1S/C21H18N4O3/c1-14(26)16-4-6-18(7-5-16)25-20(27)17-8-10-23-19(11-17)21(28)24-13-15-3-2-9-22-12-15/h2-12H,13H2,1H3,(H,24,28)(H,25,27). The van der Waals surface area contributed by atoms with Crippen LogP contribution in [0.5, 0.6) is 0 Å². The van der Waals surface area contributed by atoms with E-state index in [9.17, 15) is 14.4 Å². The van der Waals surface area contributed by atoms with Crippen LogP contribution >= 0.6 is 0 Å². The summed E-state index contributed by atoms with van der Waals surface area (Å²) in [5, 5.41) is 5.47. The van der Waals surface area contributed by atoms with Crippen molar-refractivity contribution in [3.8, 4) is 0 Å². The van der Waals surface area contributed by atoms with Crippen molar-refractivity contribution >= 4 is 23.3 Å². The van der Waals surface area contributed by atoms with Crippen molar-refractivity contribution in [2.24, 2.45) is 0 Å². The minimum absolute atomic E-state index is 0.0473. The van der Waals surface area contributed by atoms with Crippen molar-refractivity contribution in [1.29, 1.82) is 0 Å². The SMILES string of the molecule is CC(=O)c1ccc(NC(=O)c2ccnc(C(=O)NCc3cccnc3)c2)cc1. The second-order valence-corrected chi connectivity index (χ2v) is 6.06. The van der Waals surface area contributed by atoms with Crippen LogP contribution in [-0.2, 0) is 6.54 Å². The number of hydrogen-bond donors (Lipinski definition) is 2. The number of anilines is 1. The molecule has 0 spiro atoms. The summed E-state index contributed by atoms with van der Waals surface area (Å²) < 4.78 is 0. The summed E-state index contributed by atoms with van der Waals surface area (Å²) in [4.78, 5) is 44.1. The molecule has 2 amide bonds. The molecule has 7 heteroatoms. The number of nitrogens with one attached hydrogen (secondary N) is 2. The lowest BCUT2D eigenvalue weighted by Gasteiger charge is -2.08. The van der Waals surface area contributed by atoms with Gasteiger partial charge in [-0.05, 0) is 55.0 Å². The normalized spacial score (nSPS) is 10.2. The third kappa shape index (κ3) is 4.85. The fourth-order valence-corrected chi connectivity index (χ4v) is 2.46. The van der Waals surface area contributed by atoms with Gasteiger partial charge in [-0.15, -0.1) is 0 Å². The van der Waals surface area contributed by atoms with E-state index in [1.165, 1.54) is 25.3 Å². The molecule has 1 aromatic carbocycles. The lowest BCUT2D eigenvalue weighted by atomic mass is 10.1. The van der Waals surface area contributed by atoms with E-state index in [1.807, 2.05) is 6.07 Å². The number of carbonyl (C=O) groups excluding carboxylic acids is 3. The number of rotatable bonds is 6. The number of Topliss-reactive ketones (excluding diaryl/α,β-unsaturated/α-hetero) is 1. The number of nitrogens with zero attached hydrogens (tertiary/aromatic N) is 2. The summed E-state index contributed by atoms with van der Waals surface area (Å²) in [5.74, 6) is -0.808. The summed E-state index contributed by atoms with van der Waals surface area (Å²) in [6.45, 7) is 1.79. The predicted octanol–water partition coefficient (Wildman–Crippen LogP) is 2.86. The highest BCUT2D eigenvalue weighted by Gasteiger charge is 2.12. The van der Waals surface area contributed by atoms with Crippen LogP contribution in [0.3, 0.4) is 0 Å². The second kappa shape index (κ2) is 8.68. The van der Waals surface area contributed by atoms with Crippen LogP contribution in [0.1, 0.15) is 43.7 Å². The maximum atomic E-state index is 12.4. The fourth-order valence-electron chi connectivity index (χ4n) is 2.46. The van der Waals surface area contributed by atoms with E-state index in [0.717, 1.165) is 5.56 Å². The third-order valence-corrected chi connectivity index (χ3v) is 3.98. The Morgan fingerprint density at radius 1 is 0.929 bits per heavy atom. The molecule has 0 aliphatic rings. The number of pyridine rings is 2. The summed E-state index contributed by atoms with van der Waals surface area (Å²) in [6, 6.07) is 13.2. The number of aromatic nitrogens is 2. The zero-order chi connectivity index (χ0) is 19.9. The van der Waals surface area contributed by atoms with Gasteiger partial charge in [-0.2, -0.15) is 0 Å². The Morgan fingerprint density at radius 3 is 2.39 bits per heavy atom. The molecule has 0 unspecified atom stereocenters. The molecular weight excluding hydrogens is 356 g/mol. The molecule has 28 heavy (non-hydrogen) atoms. The Balaban J connectivity index is 1.65. The molecule has 0 aliphatic heterocycles. The van der Waals surface area contributed by atoms with Crippen LogP contribution in [-0.4, -0.2) is 27.6 Å². The molecule has 3 aromatic rings. The Labute approximate surface area is 161 Å². The molecule has 0 radical (unpaired) electrons. The van der Waals surface area contributed by atoms with Crippen LogP contribution in [0.25, 0.3) is 0 Å². The molecule has 2 N–H and O–H groups in total. The Bertz CT molecular complexity index is 1000. The average Bonchev–Trinajstić information content (AvgIpc) is 2.73. The quantitative estimate of drug-likeness (QED) is 0.646. The molecule has 140 valence electrons. The Kier molecular flexibility index (Phi) is 5.86. The van der Waals surface area contributed by atoms with Gasteiger partial charge in [0.25, 0.3) is 11.8 Å². The van der Waals surface area contributed by atoms with Crippen molar-refractivity contribution < 1.29 is 14.4 Å². The van der Waals surface area contributed by atoms with E-state index in [1.54, 1.807) is 42.7 Å². The maximum absolute atomic E-state index is 12.4. The molecule has 0 atom stereocenters. The number of carbonyl (C=O) groups is 3. The molecular formula is C21H18N4O3. The van der Waals surface area contributed by atoms with Gasteiger partial charge in [0.15, 0.2) is 5.78 Å². The largest absolute Gasteiger partial charge is 0.347 e. The fraction of sp³-hybridized carbons (Fsp3) is 0.0952. The van der Waals surface area contributed by atoms with E-state index in [0.29, 0.717) is 23.4 Å². The molecule has 0 bridgehead atoms. The smallest absolute Gasteiger partial charge is 0.270 e. The van der Waals surface area contributed by atoms with Gasteiger partial charge >= 0.3 is 0 Å². The molecule has 0 fully saturated rings. The maximum Gasteiger partial charge on any atom is 0.270 e. The second-order valence-electron chi connectivity index (χ2n) is 6.06. The van der Waals surface area contributed by atoms with Gasteiger partial charge < -0.3 is 10.6 Å². The number of ketones is 1. The van der Waals surface area contributed by atoms with Crippen molar-refractivity contribution in [1.82, 2.24) is 15.3 Å². The predicted molar refractivity (Wildman–Crippen MR) is 104 cm³/mol. The van der Waals surface area contributed by atoms with Crippen LogP contribution in [0.2, 0.25) is 0 Å². The van der Waals surface area contributed by atoms with Gasteiger partial charge in [0.05, 0.1) is 0 Å². The Hall–Kier alpha value is -3.87. The molecule has 2 aromatic heterocycles. The zero-order valence-corrected chi connectivity index (χ0v) is 15.2. The monoisotopic (exact) mass is 374 g/mol. The minimum atomic E-state index is -0.385. The van der Waals surface area contributed by atoms with Crippen LogP contribution in [0.4, 0.5) is 5.69 Å². The molecule has 0 aliphatic carbocycles. The number of hydrogen-bond acceptors (Lipinski definition) is 5. The van der Waals surface area contributed by atoms with E-state index in [4.69, 9.17) is 0 Å². The van der Waals surface area contributed by atoms with Crippen molar-refractivity contribution in [2.75, 3.05) is 5.32 Å². The van der Waals surface area contributed by atoms with Gasteiger partial charge in [-0.25, -0.2) is 0 Å². The van der Waals surface area contributed by atoms with Gasteiger partial charge in [0.2, 0.25) is 0 Å². The minimum Gasteiger partial charge on any atom is -0.347 e. The van der Waals surface area contributed by atoms with Gasteiger partial charge in [0.1, 0.15) is 5.69 Å². The summed E-state index contributed by atoms with van der Waals surface area (Å²) in [6.07, 6.45) is 4.73. The molecule has 3 rings (SSSR count).